The summed E-state index contributed by atoms with van der Waals surface area (Å²) in [6.45, 7) is 1.14. The van der Waals surface area contributed by atoms with Crippen molar-refractivity contribution >= 4 is 0 Å². The number of nitro groups is 1. The number of methoxy groups -OCH3 is 1. The van der Waals surface area contributed by atoms with E-state index in [4.69, 9.17) is 4.74 Å². The Morgan fingerprint density at radius 2 is 1.23 bits per heavy atom. The molecule has 0 aliphatic heterocycles. The van der Waals surface area contributed by atoms with Crippen molar-refractivity contribution < 1.29 is 9.66 Å². The highest BCUT2D eigenvalue weighted by Gasteiger charge is 2.31. The summed E-state index contributed by atoms with van der Waals surface area (Å²) < 4.78 is 5.67. The van der Waals surface area contributed by atoms with Crippen LogP contribution in [0.4, 0.5) is 0 Å². The highest BCUT2D eigenvalue weighted by atomic mass is 16.6. The topological polar surface area (TPSA) is 55.6 Å². The van der Waals surface area contributed by atoms with E-state index in [1.54, 1.807) is 7.11 Å². The van der Waals surface area contributed by atoms with Gasteiger partial charge >= 0.3 is 0 Å². The van der Waals surface area contributed by atoms with Crippen molar-refractivity contribution in [2.24, 2.45) is 0 Å². The normalized spacial score (nSPS) is 13.1. The van der Waals surface area contributed by atoms with Crippen LogP contribution in [0.15, 0.2) is 91.0 Å². The molecule has 0 fully saturated rings. The molecule has 1 unspecified atom stereocenters. The minimum Gasteiger partial charge on any atom is -0.373 e. The molecule has 5 nitrogen and oxygen atoms in total. The Morgan fingerprint density at radius 1 is 0.800 bits per heavy atom. The molecular formula is C25H28N2O3. The summed E-state index contributed by atoms with van der Waals surface area (Å²) in [7, 11) is 1.56. The lowest BCUT2D eigenvalue weighted by Gasteiger charge is -2.35. The van der Waals surface area contributed by atoms with Gasteiger partial charge in [0.1, 0.15) is 6.10 Å². The average Bonchev–Trinajstić information content (AvgIpc) is 2.77. The Balaban J connectivity index is 1.95. The van der Waals surface area contributed by atoms with Crippen molar-refractivity contribution in [3.8, 4) is 0 Å². The van der Waals surface area contributed by atoms with E-state index in [1.165, 1.54) is 11.1 Å². The van der Waals surface area contributed by atoms with Crippen LogP contribution in [0.1, 0.15) is 16.7 Å². The molecule has 0 aliphatic carbocycles. The summed E-state index contributed by atoms with van der Waals surface area (Å²) >= 11 is 0. The molecule has 0 aromatic heterocycles. The van der Waals surface area contributed by atoms with Gasteiger partial charge in [-0.3, -0.25) is 15.0 Å². The summed E-state index contributed by atoms with van der Waals surface area (Å²) in [5.74, 6) is 0. The molecule has 30 heavy (non-hydrogen) atoms. The minimum absolute atomic E-state index is 0.150. The maximum absolute atomic E-state index is 11.4. The maximum atomic E-state index is 11.4. The smallest absolute Gasteiger partial charge is 0.231 e. The van der Waals surface area contributed by atoms with Gasteiger partial charge in [0.2, 0.25) is 6.54 Å². The fraction of sp³-hybridized carbons (Fsp3) is 0.280. The number of hydrogen-bond acceptors (Lipinski definition) is 4. The molecule has 0 aliphatic rings. The van der Waals surface area contributed by atoms with E-state index in [-0.39, 0.29) is 17.5 Å². The van der Waals surface area contributed by atoms with E-state index in [1.807, 2.05) is 54.6 Å². The molecule has 0 saturated carbocycles. The van der Waals surface area contributed by atoms with Gasteiger partial charge in [0.15, 0.2) is 0 Å². The van der Waals surface area contributed by atoms with Crippen LogP contribution in [-0.4, -0.2) is 35.6 Å². The lowest BCUT2D eigenvalue weighted by Crippen LogP contribution is -2.48. The summed E-state index contributed by atoms with van der Waals surface area (Å²) in [5, 5.41) is 11.4. The summed E-state index contributed by atoms with van der Waals surface area (Å²) in [5.41, 5.74) is 3.48. The van der Waals surface area contributed by atoms with Crippen molar-refractivity contribution in [1.82, 2.24) is 4.90 Å². The molecular weight excluding hydrogens is 376 g/mol. The molecule has 0 N–H and O–H groups in total. The highest BCUT2D eigenvalue weighted by Crippen LogP contribution is 2.21. The van der Waals surface area contributed by atoms with Gasteiger partial charge < -0.3 is 4.74 Å². The largest absolute Gasteiger partial charge is 0.373 e. The first-order valence-electron chi connectivity index (χ1n) is 10.2. The Bertz CT molecular complexity index is 847. The summed E-state index contributed by atoms with van der Waals surface area (Å²) in [6, 6.07) is 30.4. The van der Waals surface area contributed by atoms with Crippen LogP contribution in [0.3, 0.4) is 0 Å². The van der Waals surface area contributed by atoms with Gasteiger partial charge in [-0.2, -0.15) is 0 Å². The van der Waals surface area contributed by atoms with Crippen molar-refractivity contribution in [3.05, 3.63) is 118 Å². The maximum Gasteiger partial charge on any atom is 0.231 e. The third kappa shape index (κ3) is 6.51. The van der Waals surface area contributed by atoms with Crippen LogP contribution in [0.2, 0.25) is 0 Å². The molecule has 0 radical (unpaired) electrons. The molecule has 0 heterocycles. The number of benzene rings is 3. The first kappa shape index (κ1) is 21.7. The molecule has 0 spiro atoms. The van der Waals surface area contributed by atoms with Gasteiger partial charge in [0.05, 0.1) is 0 Å². The molecule has 3 rings (SSSR count). The van der Waals surface area contributed by atoms with Gasteiger partial charge in [0.25, 0.3) is 0 Å². The molecule has 0 saturated heterocycles. The Labute approximate surface area is 178 Å². The molecule has 0 bridgehead atoms. The van der Waals surface area contributed by atoms with Crippen LogP contribution in [0, 0.1) is 10.1 Å². The summed E-state index contributed by atoms with van der Waals surface area (Å²) in [4.78, 5) is 13.4. The van der Waals surface area contributed by atoms with Crippen LogP contribution < -0.4 is 0 Å². The average molecular weight is 405 g/mol. The van der Waals surface area contributed by atoms with Gasteiger partial charge in [0, 0.05) is 31.2 Å². The zero-order valence-electron chi connectivity index (χ0n) is 17.3. The van der Waals surface area contributed by atoms with E-state index in [0.29, 0.717) is 19.5 Å². The third-order valence-corrected chi connectivity index (χ3v) is 5.27. The predicted molar refractivity (Wildman–Crippen MR) is 119 cm³/mol. The van der Waals surface area contributed by atoms with E-state index >= 15 is 0 Å². The van der Waals surface area contributed by atoms with Crippen molar-refractivity contribution in [2.75, 3.05) is 13.7 Å². The first-order chi connectivity index (χ1) is 14.7. The van der Waals surface area contributed by atoms with E-state index < -0.39 is 6.10 Å². The Morgan fingerprint density at radius 3 is 1.63 bits per heavy atom. The SMILES string of the molecule is COC(C[N+](=O)[O-])[C@H](Cc1ccccc1)N(Cc1ccccc1)Cc1ccccc1. The zero-order valence-corrected chi connectivity index (χ0v) is 17.3. The van der Waals surface area contributed by atoms with Crippen molar-refractivity contribution in [1.29, 1.82) is 0 Å². The quantitative estimate of drug-likeness (QED) is 0.346. The van der Waals surface area contributed by atoms with Crippen LogP contribution >= 0.6 is 0 Å². The fourth-order valence-corrected chi connectivity index (χ4v) is 3.78. The molecule has 2 atom stereocenters. The zero-order chi connectivity index (χ0) is 21.2. The first-order valence-corrected chi connectivity index (χ1v) is 10.2. The molecule has 3 aromatic rings. The van der Waals surface area contributed by atoms with E-state index in [2.05, 4.69) is 41.3 Å². The lowest BCUT2D eigenvalue weighted by molar-refractivity contribution is -0.492. The van der Waals surface area contributed by atoms with Crippen molar-refractivity contribution in [2.45, 2.75) is 31.7 Å². The second-order valence-corrected chi connectivity index (χ2v) is 7.42. The number of nitrogens with zero attached hydrogens (tertiary/aromatic N) is 2. The van der Waals surface area contributed by atoms with E-state index in [0.717, 1.165) is 5.56 Å². The predicted octanol–water partition coefficient (Wildman–Crippen LogP) is 4.59. The van der Waals surface area contributed by atoms with Crippen LogP contribution in [-0.2, 0) is 24.2 Å². The highest BCUT2D eigenvalue weighted by molar-refractivity contribution is 5.20. The molecule has 0 amide bonds. The third-order valence-electron chi connectivity index (χ3n) is 5.27. The number of hydrogen-bond donors (Lipinski definition) is 0. The molecule has 5 heteroatoms. The summed E-state index contributed by atoms with van der Waals surface area (Å²) in [6.07, 6.45) is 0.153. The number of ether oxygens (including phenoxy) is 1. The second-order valence-electron chi connectivity index (χ2n) is 7.42. The molecule has 3 aromatic carbocycles. The van der Waals surface area contributed by atoms with Gasteiger partial charge in [-0.25, -0.2) is 0 Å². The Kier molecular flexibility index (Phi) is 8.12. The van der Waals surface area contributed by atoms with Gasteiger partial charge in [-0.05, 0) is 23.1 Å². The van der Waals surface area contributed by atoms with Crippen LogP contribution in [0.25, 0.3) is 0 Å². The monoisotopic (exact) mass is 404 g/mol. The standard InChI is InChI=1S/C25H28N2O3/c1-30-25(20-27(28)29)24(17-21-11-5-2-6-12-21)26(18-22-13-7-3-8-14-22)19-23-15-9-4-10-16-23/h2-16,24-25H,17-20H2,1H3/t24-,25?/m0/s1. The van der Waals surface area contributed by atoms with Gasteiger partial charge in [-0.1, -0.05) is 91.0 Å². The van der Waals surface area contributed by atoms with Crippen molar-refractivity contribution in [3.63, 3.8) is 0 Å². The minimum atomic E-state index is -0.521. The number of rotatable bonds is 11. The van der Waals surface area contributed by atoms with Crippen LogP contribution in [0.5, 0.6) is 0 Å². The second kappa shape index (κ2) is 11.2. The Hall–Kier alpha value is -3.02. The lowest BCUT2D eigenvalue weighted by atomic mass is 9.97. The van der Waals surface area contributed by atoms with E-state index in [9.17, 15) is 10.1 Å². The van der Waals surface area contributed by atoms with Gasteiger partial charge in [-0.15, -0.1) is 0 Å². The molecule has 156 valence electrons. The fourth-order valence-electron chi connectivity index (χ4n) is 3.78.